The van der Waals surface area contributed by atoms with Crippen molar-refractivity contribution in [2.75, 3.05) is 44.6 Å². The van der Waals surface area contributed by atoms with Crippen molar-refractivity contribution in [3.05, 3.63) is 59.7 Å². The van der Waals surface area contributed by atoms with Crippen molar-refractivity contribution in [2.24, 2.45) is 0 Å². The Hall–Kier alpha value is -2.52. The molecule has 2 aromatic heterocycles. The molecule has 0 saturated carbocycles. The van der Waals surface area contributed by atoms with E-state index in [1.165, 1.54) is 11.3 Å². The van der Waals surface area contributed by atoms with E-state index in [1.54, 1.807) is 12.4 Å². The van der Waals surface area contributed by atoms with Gasteiger partial charge in [-0.2, -0.15) is 0 Å². The number of pyridine rings is 1. The van der Waals surface area contributed by atoms with E-state index in [-0.39, 0.29) is 0 Å². The molecule has 1 aliphatic rings. The van der Waals surface area contributed by atoms with Gasteiger partial charge in [0.25, 0.3) is 0 Å². The number of anilines is 1. The van der Waals surface area contributed by atoms with Crippen molar-refractivity contribution in [2.45, 2.75) is 19.1 Å². The third-order valence-corrected chi connectivity index (χ3v) is 5.97. The number of nitrogens with one attached hydrogen (secondary N) is 2. The number of nitrogens with zero attached hydrogens (tertiary/aromatic N) is 3. The summed E-state index contributed by atoms with van der Waals surface area (Å²) >= 11 is 1.48. The maximum atomic E-state index is 10.5. The van der Waals surface area contributed by atoms with E-state index < -0.39 is 6.23 Å². The van der Waals surface area contributed by atoms with Crippen molar-refractivity contribution >= 4 is 16.5 Å². The molecule has 1 unspecified atom stereocenters. The summed E-state index contributed by atoms with van der Waals surface area (Å²) in [6.45, 7) is 6.15. The van der Waals surface area contributed by atoms with Crippen molar-refractivity contribution in [3.63, 3.8) is 0 Å². The van der Waals surface area contributed by atoms with Crippen LogP contribution in [-0.2, 0) is 6.42 Å². The Morgan fingerprint density at radius 3 is 2.87 bits per heavy atom. The van der Waals surface area contributed by atoms with E-state index in [9.17, 15) is 5.11 Å². The smallest absolute Gasteiger partial charge is 0.185 e. The first-order valence-corrected chi connectivity index (χ1v) is 11.6. The summed E-state index contributed by atoms with van der Waals surface area (Å²) in [5, 5.41) is 19.6. The average Bonchev–Trinajstić information content (AvgIpc) is 3.27. The van der Waals surface area contributed by atoms with Gasteiger partial charge in [-0.3, -0.25) is 4.98 Å². The zero-order chi connectivity index (χ0) is 21.3. The van der Waals surface area contributed by atoms with Crippen LogP contribution in [0.3, 0.4) is 0 Å². The molecular formula is C23H29N5O2S. The Morgan fingerprint density at radius 2 is 2.03 bits per heavy atom. The van der Waals surface area contributed by atoms with Gasteiger partial charge in [-0.25, -0.2) is 4.98 Å². The number of aliphatic hydroxyl groups excluding tert-OH is 1. The number of rotatable bonds is 10. The van der Waals surface area contributed by atoms with Gasteiger partial charge in [0.05, 0.1) is 12.3 Å². The lowest BCUT2D eigenvalue weighted by atomic mass is 10.1. The second kappa shape index (κ2) is 11.2. The number of ether oxygens (including phenoxy) is 1. The molecule has 0 bridgehead atoms. The van der Waals surface area contributed by atoms with Crippen LogP contribution >= 0.6 is 11.3 Å². The molecule has 3 heterocycles. The second-order valence-corrected chi connectivity index (χ2v) is 8.44. The first-order chi connectivity index (χ1) is 15.3. The minimum absolute atomic E-state index is 0.474. The predicted octanol–water partition coefficient (Wildman–Crippen LogP) is 2.85. The summed E-state index contributed by atoms with van der Waals surface area (Å²) in [5.41, 5.74) is 2.90. The molecular weight excluding hydrogens is 410 g/mol. The number of hydrogen-bond donors (Lipinski definition) is 3. The van der Waals surface area contributed by atoms with Gasteiger partial charge in [0.2, 0.25) is 0 Å². The fraction of sp³-hybridized carbons (Fsp3) is 0.391. The molecule has 1 fully saturated rings. The third kappa shape index (κ3) is 6.73. The van der Waals surface area contributed by atoms with Gasteiger partial charge in [-0.1, -0.05) is 12.1 Å². The highest BCUT2D eigenvalue weighted by molar-refractivity contribution is 7.14. The lowest BCUT2D eigenvalue weighted by Crippen LogP contribution is -2.43. The predicted molar refractivity (Wildman–Crippen MR) is 125 cm³/mol. The first kappa shape index (κ1) is 21.7. The van der Waals surface area contributed by atoms with E-state index in [1.807, 2.05) is 41.8 Å². The zero-order valence-electron chi connectivity index (χ0n) is 17.5. The highest BCUT2D eigenvalue weighted by Gasteiger charge is 2.11. The fourth-order valence-electron chi connectivity index (χ4n) is 3.59. The highest BCUT2D eigenvalue weighted by Crippen LogP contribution is 2.25. The van der Waals surface area contributed by atoms with Gasteiger partial charge in [-0.05, 0) is 36.2 Å². The van der Waals surface area contributed by atoms with E-state index in [0.717, 1.165) is 61.7 Å². The molecule has 1 atom stereocenters. The Kier molecular flexibility index (Phi) is 7.84. The van der Waals surface area contributed by atoms with Gasteiger partial charge in [-0.15, -0.1) is 11.3 Å². The molecule has 1 aromatic carbocycles. The zero-order valence-corrected chi connectivity index (χ0v) is 18.4. The van der Waals surface area contributed by atoms with Gasteiger partial charge < -0.3 is 25.4 Å². The SMILES string of the molecule is OC(Cc1cccc(OCCCN2CCNCC2)c1)Nc1nc(-c2ccncc2)cs1. The van der Waals surface area contributed by atoms with Crippen LogP contribution in [0.15, 0.2) is 54.2 Å². The van der Waals surface area contributed by atoms with Crippen molar-refractivity contribution in [1.29, 1.82) is 0 Å². The van der Waals surface area contributed by atoms with Crippen LogP contribution in [-0.4, -0.2) is 65.5 Å². The normalized spacial score (nSPS) is 15.5. The summed E-state index contributed by atoms with van der Waals surface area (Å²) in [6, 6.07) is 11.8. The van der Waals surface area contributed by atoms with Gasteiger partial charge >= 0.3 is 0 Å². The summed E-state index contributed by atoms with van der Waals surface area (Å²) < 4.78 is 5.93. The molecule has 0 radical (unpaired) electrons. The van der Waals surface area contributed by atoms with Gasteiger partial charge in [0.1, 0.15) is 12.0 Å². The van der Waals surface area contributed by atoms with Crippen LogP contribution in [0, 0.1) is 0 Å². The number of hydrogen-bond acceptors (Lipinski definition) is 8. The molecule has 7 nitrogen and oxygen atoms in total. The first-order valence-electron chi connectivity index (χ1n) is 10.7. The van der Waals surface area contributed by atoms with Crippen LogP contribution in [0.2, 0.25) is 0 Å². The summed E-state index contributed by atoms with van der Waals surface area (Å²) in [7, 11) is 0. The topological polar surface area (TPSA) is 82.5 Å². The quantitative estimate of drug-likeness (QED) is 0.331. The number of aromatic nitrogens is 2. The Labute approximate surface area is 187 Å². The molecule has 8 heteroatoms. The number of aliphatic hydroxyl groups is 1. The maximum absolute atomic E-state index is 10.5. The Bertz CT molecular complexity index is 930. The number of benzene rings is 1. The third-order valence-electron chi connectivity index (χ3n) is 5.19. The molecule has 0 amide bonds. The van der Waals surface area contributed by atoms with Crippen molar-refractivity contribution in [1.82, 2.24) is 20.2 Å². The Morgan fingerprint density at radius 1 is 1.19 bits per heavy atom. The van der Waals surface area contributed by atoms with Crippen molar-refractivity contribution < 1.29 is 9.84 Å². The summed E-state index contributed by atoms with van der Waals surface area (Å²) in [5.74, 6) is 0.847. The monoisotopic (exact) mass is 439 g/mol. The standard InChI is InChI=1S/C23H29N5O2S/c29-22(27-23-26-21(17-31-23)19-5-7-24-8-6-19)16-18-3-1-4-20(15-18)30-14-2-11-28-12-9-25-10-13-28/h1,3-8,15,17,22,25,29H,2,9-14,16H2,(H,26,27). The molecule has 1 aliphatic heterocycles. The number of thiazole rings is 1. The largest absolute Gasteiger partial charge is 0.494 e. The minimum Gasteiger partial charge on any atom is -0.494 e. The number of piperazine rings is 1. The van der Waals surface area contributed by atoms with E-state index in [4.69, 9.17) is 4.74 Å². The van der Waals surface area contributed by atoms with E-state index >= 15 is 0 Å². The van der Waals surface area contributed by atoms with Gasteiger partial charge in [0, 0.05) is 62.5 Å². The van der Waals surface area contributed by atoms with Crippen LogP contribution < -0.4 is 15.4 Å². The van der Waals surface area contributed by atoms with E-state index in [2.05, 4.69) is 25.5 Å². The average molecular weight is 440 g/mol. The fourth-order valence-corrected chi connectivity index (χ4v) is 4.35. The maximum Gasteiger partial charge on any atom is 0.185 e. The van der Waals surface area contributed by atoms with Crippen LogP contribution in [0.25, 0.3) is 11.3 Å². The summed E-state index contributed by atoms with van der Waals surface area (Å²) in [4.78, 5) is 11.1. The lowest BCUT2D eigenvalue weighted by Gasteiger charge is -2.26. The molecule has 164 valence electrons. The second-order valence-electron chi connectivity index (χ2n) is 7.58. The lowest BCUT2D eigenvalue weighted by molar-refractivity contribution is 0.203. The van der Waals surface area contributed by atoms with Gasteiger partial charge in [0.15, 0.2) is 5.13 Å². The molecule has 0 aliphatic carbocycles. The van der Waals surface area contributed by atoms with Crippen LogP contribution in [0.4, 0.5) is 5.13 Å². The van der Waals surface area contributed by atoms with Crippen LogP contribution in [0.1, 0.15) is 12.0 Å². The van der Waals surface area contributed by atoms with E-state index in [0.29, 0.717) is 18.2 Å². The Balaban J connectivity index is 1.23. The summed E-state index contributed by atoms with van der Waals surface area (Å²) in [6.07, 6.45) is 4.26. The molecule has 0 spiro atoms. The molecule has 3 aromatic rings. The van der Waals surface area contributed by atoms with Crippen molar-refractivity contribution in [3.8, 4) is 17.0 Å². The minimum atomic E-state index is -0.723. The highest BCUT2D eigenvalue weighted by atomic mass is 32.1. The van der Waals surface area contributed by atoms with Crippen LogP contribution in [0.5, 0.6) is 5.75 Å². The molecule has 1 saturated heterocycles. The molecule has 3 N–H and O–H groups in total. The molecule has 31 heavy (non-hydrogen) atoms. The molecule has 4 rings (SSSR count).